The van der Waals surface area contributed by atoms with E-state index in [1.165, 1.54) is 0 Å². The summed E-state index contributed by atoms with van der Waals surface area (Å²) in [5.41, 5.74) is 1.76. The Bertz CT molecular complexity index is 473. The van der Waals surface area contributed by atoms with Gasteiger partial charge in [-0.1, -0.05) is 0 Å². The highest BCUT2D eigenvalue weighted by molar-refractivity contribution is 5.53. The van der Waals surface area contributed by atoms with Gasteiger partial charge in [-0.25, -0.2) is 0 Å². The third kappa shape index (κ3) is 4.99. The zero-order valence-electron chi connectivity index (χ0n) is 12.4. The number of rotatable bonds is 7. The first-order chi connectivity index (χ1) is 10.2. The molecule has 1 saturated heterocycles. The van der Waals surface area contributed by atoms with E-state index >= 15 is 0 Å². The molecule has 6 heteroatoms. The highest BCUT2D eigenvalue weighted by atomic mass is 16.6. The van der Waals surface area contributed by atoms with Gasteiger partial charge in [-0.3, -0.25) is 10.1 Å². The summed E-state index contributed by atoms with van der Waals surface area (Å²) in [6.45, 7) is 5.41. The van der Waals surface area contributed by atoms with Crippen molar-refractivity contribution >= 4 is 11.4 Å². The fourth-order valence-corrected chi connectivity index (χ4v) is 2.49. The van der Waals surface area contributed by atoms with Gasteiger partial charge in [0.1, 0.15) is 0 Å². The molecule has 2 N–H and O–H groups in total. The number of aryl methyl sites for hydroxylation is 1. The van der Waals surface area contributed by atoms with Crippen molar-refractivity contribution in [2.24, 2.45) is 0 Å². The molecule has 21 heavy (non-hydrogen) atoms. The van der Waals surface area contributed by atoms with Crippen molar-refractivity contribution in [3.8, 4) is 0 Å². The van der Waals surface area contributed by atoms with Gasteiger partial charge in [0, 0.05) is 30.5 Å². The van der Waals surface area contributed by atoms with Crippen LogP contribution in [0.25, 0.3) is 0 Å². The number of ether oxygens (including phenoxy) is 1. The Kier molecular flexibility index (Phi) is 5.95. The summed E-state index contributed by atoms with van der Waals surface area (Å²) in [6, 6.07) is 5.10. The molecule has 1 aromatic carbocycles. The average Bonchev–Trinajstić information content (AvgIpc) is 2.47. The average molecular weight is 293 g/mol. The lowest BCUT2D eigenvalue weighted by Gasteiger charge is -2.22. The molecule has 6 nitrogen and oxygen atoms in total. The van der Waals surface area contributed by atoms with Crippen LogP contribution < -0.4 is 10.6 Å². The summed E-state index contributed by atoms with van der Waals surface area (Å²) < 4.78 is 5.83. The zero-order valence-corrected chi connectivity index (χ0v) is 12.4. The number of anilines is 1. The molecule has 0 amide bonds. The van der Waals surface area contributed by atoms with Gasteiger partial charge >= 0.3 is 0 Å². The summed E-state index contributed by atoms with van der Waals surface area (Å²) in [4.78, 5) is 10.4. The van der Waals surface area contributed by atoms with Crippen LogP contribution in [-0.2, 0) is 4.74 Å². The second kappa shape index (κ2) is 7.95. The Morgan fingerprint density at radius 3 is 2.86 bits per heavy atom. The van der Waals surface area contributed by atoms with Gasteiger partial charge < -0.3 is 15.4 Å². The summed E-state index contributed by atoms with van der Waals surface area (Å²) in [5.74, 6) is 0. The summed E-state index contributed by atoms with van der Waals surface area (Å²) in [6.07, 6.45) is 3.51. The fraction of sp³-hybridized carbons (Fsp3) is 0.600. The third-order valence-corrected chi connectivity index (χ3v) is 3.68. The number of nitro benzene ring substituents is 1. The fourth-order valence-electron chi connectivity index (χ4n) is 2.49. The van der Waals surface area contributed by atoms with Crippen molar-refractivity contribution in [2.75, 3.05) is 31.6 Å². The van der Waals surface area contributed by atoms with E-state index < -0.39 is 0 Å². The molecule has 0 spiro atoms. The van der Waals surface area contributed by atoms with E-state index in [-0.39, 0.29) is 10.6 Å². The quantitative estimate of drug-likeness (QED) is 0.459. The van der Waals surface area contributed by atoms with Crippen LogP contribution in [0, 0.1) is 17.0 Å². The van der Waals surface area contributed by atoms with Crippen LogP contribution in [0.2, 0.25) is 0 Å². The van der Waals surface area contributed by atoms with Gasteiger partial charge in [0.2, 0.25) is 0 Å². The maximum absolute atomic E-state index is 10.7. The van der Waals surface area contributed by atoms with Crippen LogP contribution in [0.3, 0.4) is 0 Å². The van der Waals surface area contributed by atoms with Gasteiger partial charge in [0.05, 0.1) is 11.0 Å². The summed E-state index contributed by atoms with van der Waals surface area (Å²) in [7, 11) is 0. The lowest BCUT2D eigenvalue weighted by molar-refractivity contribution is -0.385. The largest absolute Gasteiger partial charge is 0.385 e. The van der Waals surface area contributed by atoms with Gasteiger partial charge in [0.25, 0.3) is 5.69 Å². The van der Waals surface area contributed by atoms with E-state index in [2.05, 4.69) is 10.6 Å². The number of piperidine rings is 1. The molecule has 1 fully saturated rings. The number of benzene rings is 1. The zero-order chi connectivity index (χ0) is 15.1. The minimum Gasteiger partial charge on any atom is -0.385 e. The smallest absolute Gasteiger partial charge is 0.272 e. The van der Waals surface area contributed by atoms with Crippen molar-refractivity contribution < 1.29 is 9.66 Å². The lowest BCUT2D eigenvalue weighted by Crippen LogP contribution is -2.32. The molecule has 116 valence electrons. The molecule has 0 aromatic heterocycles. The van der Waals surface area contributed by atoms with E-state index in [9.17, 15) is 10.1 Å². The number of hydrogen-bond donors (Lipinski definition) is 2. The Balaban J connectivity index is 1.66. The van der Waals surface area contributed by atoms with Crippen LogP contribution in [0.5, 0.6) is 0 Å². The Hall–Kier alpha value is -1.66. The standard InChI is InChI=1S/C15H23N3O3/c1-12-11-13(3-4-15(12)18(19)20)17-7-2-10-21-14-5-8-16-9-6-14/h3-4,11,14,16-17H,2,5-10H2,1H3. The normalized spacial score (nSPS) is 15.9. The van der Waals surface area contributed by atoms with Crippen LogP contribution in [-0.4, -0.2) is 37.3 Å². The van der Waals surface area contributed by atoms with Crippen LogP contribution in [0.4, 0.5) is 11.4 Å². The third-order valence-electron chi connectivity index (χ3n) is 3.68. The van der Waals surface area contributed by atoms with Crippen molar-refractivity contribution in [3.63, 3.8) is 0 Å². The first kappa shape index (κ1) is 15.7. The highest BCUT2D eigenvalue weighted by Gasteiger charge is 2.12. The molecule has 0 radical (unpaired) electrons. The molecular formula is C15H23N3O3. The van der Waals surface area contributed by atoms with Crippen LogP contribution in [0.15, 0.2) is 18.2 Å². The Morgan fingerprint density at radius 1 is 1.43 bits per heavy atom. The lowest BCUT2D eigenvalue weighted by atomic mass is 10.1. The first-order valence-electron chi connectivity index (χ1n) is 7.48. The van der Waals surface area contributed by atoms with Crippen LogP contribution >= 0.6 is 0 Å². The molecule has 1 aromatic rings. The highest BCUT2D eigenvalue weighted by Crippen LogP contribution is 2.21. The molecule has 0 atom stereocenters. The molecule has 0 bridgehead atoms. The van der Waals surface area contributed by atoms with E-state index in [1.807, 2.05) is 6.07 Å². The second-order valence-electron chi connectivity index (χ2n) is 5.36. The van der Waals surface area contributed by atoms with Crippen molar-refractivity contribution in [2.45, 2.75) is 32.3 Å². The minimum absolute atomic E-state index is 0.162. The summed E-state index contributed by atoms with van der Waals surface area (Å²) >= 11 is 0. The van der Waals surface area contributed by atoms with E-state index in [0.29, 0.717) is 11.7 Å². The predicted molar refractivity (Wildman–Crippen MR) is 82.8 cm³/mol. The molecule has 0 saturated carbocycles. The van der Waals surface area contributed by atoms with E-state index in [0.717, 1.165) is 51.2 Å². The molecule has 2 rings (SSSR count). The minimum atomic E-state index is -0.355. The Morgan fingerprint density at radius 2 is 2.19 bits per heavy atom. The van der Waals surface area contributed by atoms with Crippen molar-refractivity contribution in [1.82, 2.24) is 5.32 Å². The first-order valence-corrected chi connectivity index (χ1v) is 7.48. The maximum Gasteiger partial charge on any atom is 0.272 e. The van der Waals surface area contributed by atoms with Gasteiger partial charge in [-0.2, -0.15) is 0 Å². The number of nitrogens with one attached hydrogen (secondary N) is 2. The molecule has 0 unspecified atom stereocenters. The van der Waals surface area contributed by atoms with Gasteiger partial charge in [-0.05, 0) is 51.4 Å². The summed E-state index contributed by atoms with van der Waals surface area (Å²) in [5, 5.41) is 17.3. The van der Waals surface area contributed by atoms with Gasteiger partial charge in [0.15, 0.2) is 0 Å². The Labute approximate surface area is 125 Å². The van der Waals surface area contributed by atoms with Crippen molar-refractivity contribution in [1.29, 1.82) is 0 Å². The topological polar surface area (TPSA) is 76.4 Å². The number of hydrogen-bond acceptors (Lipinski definition) is 5. The van der Waals surface area contributed by atoms with Gasteiger partial charge in [-0.15, -0.1) is 0 Å². The van der Waals surface area contributed by atoms with Crippen molar-refractivity contribution in [3.05, 3.63) is 33.9 Å². The number of nitrogens with zero attached hydrogens (tertiary/aromatic N) is 1. The SMILES string of the molecule is Cc1cc(NCCCOC2CCNCC2)ccc1[N+](=O)[O-]. The maximum atomic E-state index is 10.7. The second-order valence-corrected chi connectivity index (χ2v) is 5.36. The molecule has 1 aliphatic heterocycles. The predicted octanol–water partition coefficient (Wildman–Crippen LogP) is 2.47. The van der Waals surface area contributed by atoms with E-state index in [4.69, 9.17) is 4.74 Å². The molecular weight excluding hydrogens is 270 g/mol. The molecule has 1 heterocycles. The van der Waals surface area contributed by atoms with E-state index in [1.54, 1.807) is 19.1 Å². The monoisotopic (exact) mass is 293 g/mol. The van der Waals surface area contributed by atoms with Crippen LogP contribution in [0.1, 0.15) is 24.8 Å². The molecule has 0 aliphatic carbocycles. The molecule has 1 aliphatic rings. The number of nitro groups is 1.